The molecule has 1 aliphatic rings. The van der Waals surface area contributed by atoms with Crippen molar-refractivity contribution < 1.29 is 17.6 Å². The van der Waals surface area contributed by atoms with E-state index in [1.54, 1.807) is 30.3 Å². The Hall–Kier alpha value is -2.68. The summed E-state index contributed by atoms with van der Waals surface area (Å²) in [4.78, 5) is 14.6. The van der Waals surface area contributed by atoms with E-state index in [4.69, 9.17) is 9.15 Å². The summed E-state index contributed by atoms with van der Waals surface area (Å²) >= 11 is 0. The summed E-state index contributed by atoms with van der Waals surface area (Å²) < 4.78 is 38.4. The van der Waals surface area contributed by atoms with Crippen molar-refractivity contribution in [3.05, 3.63) is 69.6 Å². The van der Waals surface area contributed by atoms with Crippen LogP contribution in [0, 0.1) is 13.8 Å². The van der Waals surface area contributed by atoms with Crippen LogP contribution in [0.4, 0.5) is 0 Å². The lowest BCUT2D eigenvalue weighted by atomic mass is 10.0. The number of ether oxygens (including phenoxy) is 1. The van der Waals surface area contributed by atoms with Gasteiger partial charge in [-0.05, 0) is 61.7 Å². The van der Waals surface area contributed by atoms with Gasteiger partial charge in [-0.3, -0.25) is 4.90 Å². The molecule has 1 aliphatic heterocycles. The van der Waals surface area contributed by atoms with Crippen LogP contribution in [0.25, 0.3) is 11.0 Å². The van der Waals surface area contributed by atoms with E-state index in [0.29, 0.717) is 50.7 Å². The predicted molar refractivity (Wildman–Crippen MR) is 124 cm³/mol. The van der Waals surface area contributed by atoms with Gasteiger partial charge in [0.15, 0.2) is 0 Å². The maximum absolute atomic E-state index is 13.0. The zero-order valence-corrected chi connectivity index (χ0v) is 19.4. The molecule has 0 amide bonds. The van der Waals surface area contributed by atoms with Gasteiger partial charge in [0.05, 0.1) is 11.5 Å². The number of aryl methyl sites for hydroxylation is 2. The molecule has 0 N–H and O–H groups in total. The zero-order valence-electron chi connectivity index (χ0n) is 18.6. The molecule has 0 unspecified atom stereocenters. The number of rotatable bonds is 6. The van der Waals surface area contributed by atoms with E-state index in [-0.39, 0.29) is 10.5 Å². The van der Waals surface area contributed by atoms with Crippen LogP contribution in [0.2, 0.25) is 0 Å². The highest BCUT2D eigenvalue weighted by molar-refractivity contribution is 7.89. The number of hydrogen-bond donors (Lipinski definition) is 0. The number of fused-ring (bicyclic) bond motifs is 1. The highest BCUT2D eigenvalue weighted by Crippen LogP contribution is 2.25. The number of hydrogen-bond acceptors (Lipinski definition) is 6. The molecule has 0 spiro atoms. The smallest absolute Gasteiger partial charge is 0.336 e. The van der Waals surface area contributed by atoms with Gasteiger partial charge in [-0.1, -0.05) is 12.1 Å². The molecule has 1 fully saturated rings. The maximum atomic E-state index is 13.0. The van der Waals surface area contributed by atoms with Crippen molar-refractivity contribution in [2.24, 2.45) is 0 Å². The van der Waals surface area contributed by atoms with Gasteiger partial charge in [0.1, 0.15) is 11.3 Å². The molecule has 2 heterocycles. The zero-order chi connectivity index (χ0) is 22.9. The van der Waals surface area contributed by atoms with E-state index in [9.17, 15) is 13.2 Å². The van der Waals surface area contributed by atoms with E-state index in [0.717, 1.165) is 22.1 Å². The molecule has 170 valence electrons. The maximum Gasteiger partial charge on any atom is 0.336 e. The lowest BCUT2D eigenvalue weighted by Crippen LogP contribution is -2.48. The number of piperazine rings is 1. The molecule has 0 bridgehead atoms. The minimum Gasteiger partial charge on any atom is -0.494 e. The highest BCUT2D eigenvalue weighted by atomic mass is 32.2. The minimum absolute atomic E-state index is 0.270. The Kier molecular flexibility index (Phi) is 6.37. The molecule has 1 saturated heterocycles. The Morgan fingerprint density at radius 3 is 2.34 bits per heavy atom. The van der Waals surface area contributed by atoms with Gasteiger partial charge in [-0.2, -0.15) is 4.31 Å². The molecule has 1 aromatic heterocycles. The summed E-state index contributed by atoms with van der Waals surface area (Å²) in [7, 11) is -3.56. The van der Waals surface area contributed by atoms with Crippen LogP contribution >= 0.6 is 0 Å². The van der Waals surface area contributed by atoms with Crippen LogP contribution in [0.1, 0.15) is 23.6 Å². The van der Waals surface area contributed by atoms with Crippen molar-refractivity contribution in [3.63, 3.8) is 0 Å². The molecule has 0 aliphatic carbocycles. The van der Waals surface area contributed by atoms with Gasteiger partial charge in [0.2, 0.25) is 10.0 Å². The number of benzene rings is 2. The molecule has 3 aromatic rings. The van der Waals surface area contributed by atoms with Crippen LogP contribution < -0.4 is 10.4 Å². The Morgan fingerprint density at radius 1 is 1.00 bits per heavy atom. The van der Waals surface area contributed by atoms with Crippen LogP contribution in [0.15, 0.2) is 56.6 Å². The average molecular weight is 457 g/mol. The lowest BCUT2D eigenvalue weighted by Gasteiger charge is -2.34. The quantitative estimate of drug-likeness (QED) is 0.530. The second kappa shape index (κ2) is 9.05. The summed E-state index contributed by atoms with van der Waals surface area (Å²) in [5.41, 5.74) is 3.21. The molecule has 0 saturated carbocycles. The van der Waals surface area contributed by atoms with E-state index < -0.39 is 10.0 Å². The van der Waals surface area contributed by atoms with Crippen molar-refractivity contribution in [2.75, 3.05) is 32.8 Å². The summed E-state index contributed by atoms with van der Waals surface area (Å²) in [6.45, 7) is 8.90. The number of sulfonamides is 1. The molecule has 4 rings (SSSR count). The van der Waals surface area contributed by atoms with Crippen LogP contribution in [0.3, 0.4) is 0 Å². The Morgan fingerprint density at radius 2 is 1.69 bits per heavy atom. The largest absolute Gasteiger partial charge is 0.494 e. The molecule has 7 nitrogen and oxygen atoms in total. The first-order valence-electron chi connectivity index (χ1n) is 10.8. The van der Waals surface area contributed by atoms with E-state index in [1.807, 2.05) is 32.9 Å². The van der Waals surface area contributed by atoms with Crippen LogP contribution in [-0.4, -0.2) is 50.4 Å². The van der Waals surface area contributed by atoms with E-state index in [1.165, 1.54) is 4.31 Å². The standard InChI is InChI=1S/C24H28N2O5S/c1-4-30-20-6-8-21(9-7-20)32(28,29)26-13-11-25(12-14-26)16-19-15-23(27)31-24-18(3)17(2)5-10-22(19)24/h5-10,15H,4,11-14,16H2,1-3H3. The Balaban J connectivity index is 1.47. The normalized spacial score (nSPS) is 15.8. The lowest BCUT2D eigenvalue weighted by molar-refractivity contribution is 0.182. The highest BCUT2D eigenvalue weighted by Gasteiger charge is 2.28. The molecule has 0 atom stereocenters. The monoisotopic (exact) mass is 456 g/mol. The molecule has 0 radical (unpaired) electrons. The van der Waals surface area contributed by atoms with Crippen molar-refractivity contribution in [1.29, 1.82) is 0 Å². The second-order valence-electron chi connectivity index (χ2n) is 8.06. The van der Waals surface area contributed by atoms with Gasteiger partial charge >= 0.3 is 5.63 Å². The fraction of sp³-hybridized carbons (Fsp3) is 0.375. The third-order valence-corrected chi connectivity index (χ3v) is 7.93. The number of nitrogens with zero attached hydrogens (tertiary/aromatic N) is 2. The second-order valence-corrected chi connectivity index (χ2v) is 10.00. The molecule has 2 aromatic carbocycles. The fourth-order valence-corrected chi connectivity index (χ4v) is 5.47. The van der Waals surface area contributed by atoms with E-state index >= 15 is 0 Å². The molecule has 32 heavy (non-hydrogen) atoms. The van der Waals surface area contributed by atoms with Crippen molar-refractivity contribution in [1.82, 2.24) is 9.21 Å². The van der Waals surface area contributed by atoms with E-state index in [2.05, 4.69) is 4.90 Å². The van der Waals surface area contributed by atoms with Gasteiger partial charge < -0.3 is 9.15 Å². The SMILES string of the molecule is CCOc1ccc(S(=O)(=O)N2CCN(Cc3cc(=O)oc4c(C)c(C)ccc34)CC2)cc1. The van der Waals surface area contributed by atoms with Gasteiger partial charge in [-0.15, -0.1) is 0 Å². The first kappa shape index (κ1) is 22.5. The van der Waals surface area contributed by atoms with Gasteiger partial charge in [0, 0.05) is 44.2 Å². The molecular formula is C24H28N2O5S. The summed E-state index contributed by atoms with van der Waals surface area (Å²) in [6, 6.07) is 12.1. The Bertz CT molecular complexity index is 1270. The minimum atomic E-state index is -3.56. The first-order chi connectivity index (χ1) is 15.3. The van der Waals surface area contributed by atoms with Crippen LogP contribution in [0.5, 0.6) is 5.75 Å². The predicted octanol–water partition coefficient (Wildman–Crippen LogP) is 3.32. The molecule has 8 heteroatoms. The third-order valence-electron chi connectivity index (χ3n) is 6.02. The summed E-state index contributed by atoms with van der Waals surface area (Å²) in [5.74, 6) is 0.654. The van der Waals surface area contributed by atoms with Crippen molar-refractivity contribution in [3.8, 4) is 5.75 Å². The third kappa shape index (κ3) is 4.44. The average Bonchev–Trinajstić information content (AvgIpc) is 2.77. The van der Waals surface area contributed by atoms with Crippen LogP contribution in [-0.2, 0) is 16.6 Å². The first-order valence-corrected chi connectivity index (χ1v) is 12.2. The Labute approximate surface area is 188 Å². The summed E-state index contributed by atoms with van der Waals surface area (Å²) in [5, 5.41) is 0.928. The summed E-state index contributed by atoms with van der Waals surface area (Å²) in [6.07, 6.45) is 0. The molecular weight excluding hydrogens is 428 g/mol. The topological polar surface area (TPSA) is 80.1 Å². The van der Waals surface area contributed by atoms with Gasteiger partial charge in [-0.25, -0.2) is 13.2 Å². The fourth-order valence-electron chi connectivity index (χ4n) is 4.05. The van der Waals surface area contributed by atoms with Crippen molar-refractivity contribution >= 4 is 21.0 Å². The van der Waals surface area contributed by atoms with Gasteiger partial charge in [0.25, 0.3) is 0 Å². The van der Waals surface area contributed by atoms with Crippen molar-refractivity contribution in [2.45, 2.75) is 32.2 Å².